The smallest absolute Gasteiger partial charge is 0.322 e. The molecule has 0 saturated carbocycles. The van der Waals surface area contributed by atoms with Crippen molar-refractivity contribution < 1.29 is 14.8 Å². The van der Waals surface area contributed by atoms with Gasteiger partial charge in [0.25, 0.3) is 5.69 Å². The SMILES string of the molecule is NCCN(CCO)C(=O)Nc1ccc([N+](=O)[O-])cc1Cl. The summed E-state index contributed by atoms with van der Waals surface area (Å²) in [4.78, 5) is 23.2. The topological polar surface area (TPSA) is 122 Å². The van der Waals surface area contributed by atoms with Gasteiger partial charge in [-0.05, 0) is 6.07 Å². The summed E-state index contributed by atoms with van der Waals surface area (Å²) in [5, 5.41) is 22.0. The third-order valence-electron chi connectivity index (χ3n) is 2.46. The quantitative estimate of drug-likeness (QED) is 0.535. The van der Waals surface area contributed by atoms with Gasteiger partial charge in [0, 0.05) is 31.8 Å². The van der Waals surface area contributed by atoms with Crippen LogP contribution in [0.2, 0.25) is 5.02 Å². The zero-order valence-electron chi connectivity index (χ0n) is 10.6. The second-order valence-electron chi connectivity index (χ2n) is 3.85. The molecule has 0 bridgehead atoms. The van der Waals surface area contributed by atoms with E-state index in [0.717, 1.165) is 6.07 Å². The number of halogens is 1. The summed E-state index contributed by atoms with van der Waals surface area (Å²) in [5.41, 5.74) is 5.46. The molecular formula is C11H15ClN4O4. The van der Waals surface area contributed by atoms with Crippen LogP contribution in [0.4, 0.5) is 16.2 Å². The van der Waals surface area contributed by atoms with Gasteiger partial charge in [-0.15, -0.1) is 0 Å². The maximum Gasteiger partial charge on any atom is 0.322 e. The van der Waals surface area contributed by atoms with Gasteiger partial charge in [-0.1, -0.05) is 11.6 Å². The Kier molecular flexibility index (Phi) is 6.16. The number of nitro groups is 1. The zero-order chi connectivity index (χ0) is 15.1. The number of non-ortho nitro benzene ring substituents is 1. The molecule has 0 aliphatic carbocycles. The van der Waals surface area contributed by atoms with E-state index in [0.29, 0.717) is 0 Å². The van der Waals surface area contributed by atoms with Crippen molar-refractivity contribution in [3.63, 3.8) is 0 Å². The molecule has 0 unspecified atom stereocenters. The van der Waals surface area contributed by atoms with Gasteiger partial charge in [0.05, 0.1) is 22.2 Å². The number of hydrogen-bond donors (Lipinski definition) is 3. The average molecular weight is 303 g/mol. The zero-order valence-corrected chi connectivity index (χ0v) is 11.3. The van der Waals surface area contributed by atoms with Crippen molar-refractivity contribution in [1.82, 2.24) is 4.90 Å². The third-order valence-corrected chi connectivity index (χ3v) is 2.77. The van der Waals surface area contributed by atoms with Crippen molar-refractivity contribution in [2.75, 3.05) is 31.6 Å². The van der Waals surface area contributed by atoms with Crippen molar-refractivity contribution in [2.45, 2.75) is 0 Å². The second kappa shape index (κ2) is 7.63. The Bertz CT molecular complexity index is 491. The number of aliphatic hydroxyl groups is 1. The number of urea groups is 1. The summed E-state index contributed by atoms with van der Waals surface area (Å²) in [6.45, 7) is 0.466. The van der Waals surface area contributed by atoms with Crippen LogP contribution in [0.3, 0.4) is 0 Å². The Morgan fingerprint density at radius 3 is 2.70 bits per heavy atom. The predicted octanol–water partition coefficient (Wildman–Crippen LogP) is 1.03. The number of carbonyl (C=O) groups excluding carboxylic acids is 1. The van der Waals surface area contributed by atoms with Crippen LogP contribution in [-0.2, 0) is 0 Å². The highest BCUT2D eigenvalue weighted by Crippen LogP contribution is 2.26. The Hall–Kier alpha value is -1.90. The van der Waals surface area contributed by atoms with Crippen LogP contribution in [0.5, 0.6) is 0 Å². The summed E-state index contributed by atoms with van der Waals surface area (Å²) in [6, 6.07) is 3.25. The lowest BCUT2D eigenvalue weighted by Crippen LogP contribution is -2.40. The first-order valence-electron chi connectivity index (χ1n) is 5.80. The Morgan fingerprint density at radius 1 is 1.50 bits per heavy atom. The molecule has 0 aliphatic rings. The van der Waals surface area contributed by atoms with E-state index in [-0.39, 0.29) is 42.6 Å². The third kappa shape index (κ3) is 4.34. The summed E-state index contributed by atoms with van der Waals surface area (Å²) in [6.07, 6.45) is 0. The molecule has 0 radical (unpaired) electrons. The van der Waals surface area contributed by atoms with E-state index in [1.807, 2.05) is 0 Å². The van der Waals surface area contributed by atoms with Crippen LogP contribution in [0.25, 0.3) is 0 Å². The maximum atomic E-state index is 11.9. The number of carbonyl (C=O) groups is 1. The molecule has 0 atom stereocenters. The number of nitrogens with two attached hydrogens (primary N) is 1. The van der Waals surface area contributed by atoms with Gasteiger partial charge < -0.3 is 21.1 Å². The summed E-state index contributed by atoms with van der Waals surface area (Å²) in [5.74, 6) is 0. The summed E-state index contributed by atoms with van der Waals surface area (Å²) < 4.78 is 0. The standard InChI is InChI=1S/C11H15ClN4O4/c12-9-7-8(16(19)20)1-2-10(9)14-11(18)15(4-3-13)5-6-17/h1-2,7,17H,3-6,13H2,(H,14,18). The molecule has 4 N–H and O–H groups in total. The van der Waals surface area contributed by atoms with Gasteiger partial charge in [0.2, 0.25) is 0 Å². The predicted molar refractivity (Wildman–Crippen MR) is 74.8 cm³/mol. The molecule has 9 heteroatoms. The van der Waals surface area contributed by atoms with E-state index < -0.39 is 11.0 Å². The van der Waals surface area contributed by atoms with Gasteiger partial charge >= 0.3 is 6.03 Å². The average Bonchev–Trinajstić information content (AvgIpc) is 2.40. The van der Waals surface area contributed by atoms with Gasteiger partial charge in [-0.3, -0.25) is 10.1 Å². The molecule has 0 spiro atoms. The minimum absolute atomic E-state index is 0.0595. The first-order valence-corrected chi connectivity index (χ1v) is 6.18. The minimum atomic E-state index is -0.579. The van der Waals surface area contributed by atoms with Crippen molar-refractivity contribution in [3.05, 3.63) is 33.3 Å². The van der Waals surface area contributed by atoms with E-state index in [9.17, 15) is 14.9 Å². The highest BCUT2D eigenvalue weighted by Gasteiger charge is 2.15. The van der Waals surface area contributed by atoms with E-state index in [4.69, 9.17) is 22.4 Å². The van der Waals surface area contributed by atoms with Crippen molar-refractivity contribution in [1.29, 1.82) is 0 Å². The summed E-state index contributed by atoms with van der Waals surface area (Å²) in [7, 11) is 0. The number of nitrogens with zero attached hydrogens (tertiary/aromatic N) is 2. The first-order chi connectivity index (χ1) is 9.49. The molecule has 110 valence electrons. The number of nitrogens with one attached hydrogen (secondary N) is 1. The van der Waals surface area contributed by atoms with E-state index >= 15 is 0 Å². The Labute approximate surface area is 120 Å². The van der Waals surface area contributed by atoms with E-state index in [1.54, 1.807) is 0 Å². The highest BCUT2D eigenvalue weighted by atomic mass is 35.5. The van der Waals surface area contributed by atoms with Crippen molar-refractivity contribution >= 4 is 29.0 Å². The molecular weight excluding hydrogens is 288 g/mol. The van der Waals surface area contributed by atoms with Gasteiger partial charge in [0.1, 0.15) is 0 Å². The molecule has 1 rings (SSSR count). The fourth-order valence-electron chi connectivity index (χ4n) is 1.50. The lowest BCUT2D eigenvalue weighted by molar-refractivity contribution is -0.384. The molecule has 0 heterocycles. The maximum absolute atomic E-state index is 11.9. The summed E-state index contributed by atoms with van der Waals surface area (Å²) >= 11 is 5.86. The Morgan fingerprint density at radius 2 is 2.20 bits per heavy atom. The van der Waals surface area contributed by atoms with E-state index in [1.165, 1.54) is 17.0 Å². The second-order valence-corrected chi connectivity index (χ2v) is 4.26. The van der Waals surface area contributed by atoms with Gasteiger partial charge in [-0.2, -0.15) is 0 Å². The van der Waals surface area contributed by atoms with Crippen LogP contribution < -0.4 is 11.1 Å². The number of aliphatic hydroxyl groups excluding tert-OH is 1. The number of nitro benzene ring substituents is 1. The van der Waals surface area contributed by atoms with Crippen LogP contribution in [0.15, 0.2) is 18.2 Å². The molecule has 1 aromatic rings. The van der Waals surface area contributed by atoms with Gasteiger partial charge in [0.15, 0.2) is 0 Å². The lowest BCUT2D eigenvalue weighted by atomic mass is 10.3. The molecule has 0 aromatic heterocycles. The van der Waals surface area contributed by atoms with Crippen LogP contribution >= 0.6 is 11.6 Å². The molecule has 0 fully saturated rings. The number of rotatable bonds is 6. The first kappa shape index (κ1) is 16.2. The van der Waals surface area contributed by atoms with Gasteiger partial charge in [-0.25, -0.2) is 4.79 Å². The van der Waals surface area contributed by atoms with Crippen molar-refractivity contribution in [3.8, 4) is 0 Å². The van der Waals surface area contributed by atoms with E-state index in [2.05, 4.69) is 5.32 Å². The largest absolute Gasteiger partial charge is 0.395 e. The molecule has 8 nitrogen and oxygen atoms in total. The van der Waals surface area contributed by atoms with Crippen molar-refractivity contribution in [2.24, 2.45) is 5.73 Å². The Balaban J connectivity index is 2.81. The number of hydrogen-bond acceptors (Lipinski definition) is 5. The van der Waals surface area contributed by atoms with Crippen LogP contribution in [0, 0.1) is 10.1 Å². The molecule has 0 aliphatic heterocycles. The minimum Gasteiger partial charge on any atom is -0.395 e. The normalized spacial score (nSPS) is 10.2. The van der Waals surface area contributed by atoms with Crippen LogP contribution in [0.1, 0.15) is 0 Å². The number of benzene rings is 1. The molecule has 1 aromatic carbocycles. The highest BCUT2D eigenvalue weighted by molar-refractivity contribution is 6.33. The fourth-order valence-corrected chi connectivity index (χ4v) is 1.73. The number of anilines is 1. The molecule has 0 saturated heterocycles. The fraction of sp³-hybridized carbons (Fsp3) is 0.364. The number of amides is 2. The lowest BCUT2D eigenvalue weighted by Gasteiger charge is -2.21. The van der Waals surface area contributed by atoms with Crippen LogP contribution in [-0.4, -0.2) is 47.2 Å². The molecule has 20 heavy (non-hydrogen) atoms. The molecule has 2 amide bonds. The monoisotopic (exact) mass is 302 g/mol.